The van der Waals surface area contributed by atoms with Gasteiger partial charge in [0, 0.05) is 7.05 Å². The van der Waals surface area contributed by atoms with Crippen LogP contribution in [0.25, 0.3) is 0 Å². The van der Waals surface area contributed by atoms with Gasteiger partial charge in [-0.05, 0) is 28.1 Å². The molecule has 1 aliphatic heterocycles. The number of hydrogen-bond acceptors (Lipinski definition) is 6. The molecule has 26 heavy (non-hydrogen) atoms. The van der Waals surface area contributed by atoms with Gasteiger partial charge in [-0.3, -0.25) is 9.69 Å². The number of thioether (sulfide) groups is 1. The summed E-state index contributed by atoms with van der Waals surface area (Å²) in [5.41, 5.74) is 1.83. The molecule has 0 unspecified atom stereocenters. The average molecular weight is 367 g/mol. The van der Waals surface area contributed by atoms with E-state index in [1.165, 1.54) is 11.8 Å². The van der Waals surface area contributed by atoms with Crippen LogP contribution >= 0.6 is 11.8 Å². The summed E-state index contributed by atoms with van der Waals surface area (Å²) < 4.78 is 7.46. The van der Waals surface area contributed by atoms with E-state index in [1.807, 2.05) is 59.5 Å². The highest BCUT2D eigenvalue weighted by Crippen LogP contribution is 2.39. The van der Waals surface area contributed by atoms with Gasteiger partial charge in [-0.25, -0.2) is 4.68 Å². The molecule has 0 N–H and O–H groups in total. The molecule has 3 aromatic rings. The highest BCUT2D eigenvalue weighted by atomic mass is 32.2. The Labute approximate surface area is 155 Å². The number of anilines is 1. The van der Waals surface area contributed by atoms with Crippen LogP contribution in [0.3, 0.4) is 0 Å². The van der Waals surface area contributed by atoms with Crippen molar-refractivity contribution in [1.29, 1.82) is 0 Å². The number of ether oxygens (including phenoxy) is 1. The van der Waals surface area contributed by atoms with E-state index in [0.717, 1.165) is 17.0 Å². The lowest BCUT2D eigenvalue weighted by Gasteiger charge is -2.37. The van der Waals surface area contributed by atoms with E-state index in [4.69, 9.17) is 4.74 Å². The van der Waals surface area contributed by atoms with Crippen molar-refractivity contribution in [3.8, 4) is 5.75 Å². The third-order valence-electron chi connectivity index (χ3n) is 4.19. The van der Waals surface area contributed by atoms with E-state index in [0.29, 0.717) is 11.8 Å². The molecular weight excluding hydrogens is 350 g/mol. The normalized spacial score (nSPS) is 16.0. The summed E-state index contributed by atoms with van der Waals surface area (Å²) in [4.78, 5) is 14.9. The fourth-order valence-corrected chi connectivity index (χ4v) is 3.67. The quantitative estimate of drug-likeness (QED) is 0.660. The number of nitrogens with zero attached hydrogens (tertiary/aromatic N) is 5. The number of rotatable bonds is 4. The minimum atomic E-state index is -0.170. The van der Waals surface area contributed by atoms with Crippen molar-refractivity contribution in [2.24, 2.45) is 7.05 Å². The zero-order chi connectivity index (χ0) is 17.9. The largest absolute Gasteiger partial charge is 0.489 e. The summed E-state index contributed by atoms with van der Waals surface area (Å²) in [6.07, 6.45) is 0. The second kappa shape index (κ2) is 7.17. The Morgan fingerprint density at radius 3 is 2.73 bits per heavy atom. The van der Waals surface area contributed by atoms with Gasteiger partial charge in [-0.1, -0.05) is 54.2 Å². The number of tetrazole rings is 1. The maximum atomic E-state index is 13.1. The van der Waals surface area contributed by atoms with Crippen molar-refractivity contribution < 1.29 is 9.53 Å². The second-order valence-electron chi connectivity index (χ2n) is 5.84. The van der Waals surface area contributed by atoms with Crippen LogP contribution in [0.2, 0.25) is 0 Å². The molecular formula is C18H17N5O2S. The Kier molecular flexibility index (Phi) is 4.57. The summed E-state index contributed by atoms with van der Waals surface area (Å²) in [5, 5.41) is 11.9. The molecule has 2 aromatic carbocycles. The van der Waals surface area contributed by atoms with Gasteiger partial charge < -0.3 is 4.74 Å². The molecule has 1 atom stereocenters. The molecule has 0 saturated heterocycles. The van der Waals surface area contributed by atoms with Gasteiger partial charge in [0.2, 0.25) is 11.1 Å². The van der Waals surface area contributed by atoms with Crippen molar-refractivity contribution in [1.82, 2.24) is 20.2 Å². The molecule has 7 nitrogen and oxygen atoms in total. The van der Waals surface area contributed by atoms with E-state index < -0.39 is 0 Å². The van der Waals surface area contributed by atoms with Crippen molar-refractivity contribution in [3.05, 3.63) is 60.2 Å². The molecule has 0 radical (unpaired) electrons. The first-order chi connectivity index (χ1) is 12.7. The molecule has 132 valence electrons. The Morgan fingerprint density at radius 2 is 1.96 bits per heavy atom. The van der Waals surface area contributed by atoms with E-state index in [-0.39, 0.29) is 17.7 Å². The standard InChI is InChI=1S/C18H17N5O2S/c1-22-18(19-20-21-22)26-12-17(24)23-14-9-5-6-10-16(14)25-11-15(23)13-7-3-2-4-8-13/h2-10,15H,11-12H2,1H3/t15-/m1/s1. The molecule has 0 bridgehead atoms. The molecule has 0 fully saturated rings. The van der Waals surface area contributed by atoms with Crippen LogP contribution in [-0.2, 0) is 11.8 Å². The number of hydrogen-bond donors (Lipinski definition) is 0. The molecule has 0 aliphatic carbocycles. The minimum absolute atomic E-state index is 0.0115. The number of carbonyl (C=O) groups is 1. The van der Waals surface area contributed by atoms with Gasteiger partial charge in [0.15, 0.2) is 0 Å². The maximum absolute atomic E-state index is 13.1. The number of amides is 1. The summed E-state index contributed by atoms with van der Waals surface area (Å²) in [7, 11) is 1.75. The molecule has 0 saturated carbocycles. The maximum Gasteiger partial charge on any atom is 0.238 e. The zero-order valence-electron chi connectivity index (χ0n) is 14.1. The lowest BCUT2D eigenvalue weighted by Crippen LogP contribution is -2.42. The van der Waals surface area contributed by atoms with Gasteiger partial charge in [0.05, 0.1) is 17.5 Å². The topological polar surface area (TPSA) is 73.1 Å². The second-order valence-corrected chi connectivity index (χ2v) is 6.79. The van der Waals surface area contributed by atoms with Crippen molar-refractivity contribution >= 4 is 23.4 Å². The van der Waals surface area contributed by atoms with E-state index in [9.17, 15) is 4.79 Å². The van der Waals surface area contributed by atoms with Crippen LogP contribution in [-0.4, -0.2) is 38.5 Å². The SMILES string of the molecule is Cn1nnnc1SCC(=O)N1c2ccccc2OC[C@@H]1c1ccccc1. The monoisotopic (exact) mass is 367 g/mol. The molecule has 8 heteroatoms. The van der Waals surface area contributed by atoms with Crippen LogP contribution < -0.4 is 9.64 Å². The summed E-state index contributed by atoms with van der Waals surface area (Å²) >= 11 is 1.32. The number of para-hydroxylation sites is 2. The zero-order valence-corrected chi connectivity index (χ0v) is 15.0. The van der Waals surface area contributed by atoms with Gasteiger partial charge in [-0.2, -0.15) is 0 Å². The third-order valence-corrected chi connectivity index (χ3v) is 5.19. The number of aryl methyl sites for hydroxylation is 1. The fourth-order valence-electron chi connectivity index (χ4n) is 2.96. The first-order valence-electron chi connectivity index (χ1n) is 8.18. The van der Waals surface area contributed by atoms with Crippen LogP contribution in [0.15, 0.2) is 59.8 Å². The highest BCUT2D eigenvalue weighted by molar-refractivity contribution is 7.99. The first kappa shape index (κ1) is 16.6. The molecule has 1 amide bonds. The first-order valence-corrected chi connectivity index (χ1v) is 9.16. The molecule has 2 heterocycles. The Morgan fingerprint density at radius 1 is 1.19 bits per heavy atom. The molecule has 4 rings (SSSR count). The summed E-state index contributed by atoms with van der Waals surface area (Å²) in [6, 6.07) is 17.4. The summed E-state index contributed by atoms with van der Waals surface area (Å²) in [6.45, 7) is 0.420. The summed E-state index contributed by atoms with van der Waals surface area (Å²) in [5.74, 6) is 0.951. The van der Waals surface area contributed by atoms with E-state index in [1.54, 1.807) is 11.7 Å². The number of aromatic nitrogens is 4. The third kappa shape index (κ3) is 3.15. The lowest BCUT2D eigenvalue weighted by molar-refractivity contribution is -0.117. The van der Waals surface area contributed by atoms with Crippen molar-refractivity contribution in [3.63, 3.8) is 0 Å². The smallest absolute Gasteiger partial charge is 0.238 e. The average Bonchev–Trinajstić information content (AvgIpc) is 3.10. The number of fused-ring (bicyclic) bond motifs is 1. The number of benzene rings is 2. The van der Waals surface area contributed by atoms with E-state index in [2.05, 4.69) is 15.5 Å². The Balaban J connectivity index is 1.64. The van der Waals surface area contributed by atoms with Gasteiger partial charge in [0.1, 0.15) is 12.4 Å². The molecule has 0 spiro atoms. The van der Waals surface area contributed by atoms with Crippen LogP contribution in [0.5, 0.6) is 5.75 Å². The van der Waals surface area contributed by atoms with E-state index >= 15 is 0 Å². The Bertz CT molecular complexity index is 915. The molecule has 1 aromatic heterocycles. The van der Waals surface area contributed by atoms with Crippen LogP contribution in [0.1, 0.15) is 11.6 Å². The lowest BCUT2D eigenvalue weighted by atomic mass is 10.0. The van der Waals surface area contributed by atoms with Crippen molar-refractivity contribution in [2.75, 3.05) is 17.3 Å². The van der Waals surface area contributed by atoms with Gasteiger partial charge >= 0.3 is 0 Å². The van der Waals surface area contributed by atoms with Gasteiger partial charge in [0.25, 0.3) is 0 Å². The molecule has 1 aliphatic rings. The van der Waals surface area contributed by atoms with Crippen LogP contribution in [0, 0.1) is 0 Å². The van der Waals surface area contributed by atoms with Crippen LogP contribution in [0.4, 0.5) is 5.69 Å². The minimum Gasteiger partial charge on any atom is -0.489 e. The Hall–Kier alpha value is -2.87. The predicted molar refractivity (Wildman–Crippen MR) is 98.1 cm³/mol. The highest BCUT2D eigenvalue weighted by Gasteiger charge is 2.33. The van der Waals surface area contributed by atoms with Gasteiger partial charge in [-0.15, -0.1) is 5.10 Å². The number of carbonyl (C=O) groups excluding carboxylic acids is 1. The van der Waals surface area contributed by atoms with Crippen molar-refractivity contribution in [2.45, 2.75) is 11.2 Å². The predicted octanol–water partition coefficient (Wildman–Crippen LogP) is 2.47. The fraction of sp³-hybridized carbons (Fsp3) is 0.222.